The summed E-state index contributed by atoms with van der Waals surface area (Å²) in [5, 5.41) is 8.55. The second kappa shape index (κ2) is 7.31. The number of halogens is 2. The normalized spacial score (nSPS) is 17.6. The van der Waals surface area contributed by atoms with Gasteiger partial charge in [0.05, 0.1) is 22.5 Å². The van der Waals surface area contributed by atoms with Crippen LogP contribution >= 0.6 is 11.6 Å². The van der Waals surface area contributed by atoms with Crippen LogP contribution in [0.15, 0.2) is 48.9 Å². The van der Waals surface area contributed by atoms with Gasteiger partial charge in [0.15, 0.2) is 0 Å². The number of aromatic nitrogens is 4. The highest BCUT2D eigenvalue weighted by Crippen LogP contribution is 2.47. The predicted molar refractivity (Wildman–Crippen MR) is 117 cm³/mol. The number of nitrogens with zero attached hydrogens (tertiary/aromatic N) is 4. The van der Waals surface area contributed by atoms with Gasteiger partial charge in [0.2, 0.25) is 5.91 Å². The molecule has 1 aliphatic rings. The quantitative estimate of drug-likeness (QED) is 0.500. The number of benzene rings is 1. The number of nitrogens with two attached hydrogens (primary N) is 1. The van der Waals surface area contributed by atoms with Crippen LogP contribution in [0.4, 0.5) is 16.0 Å². The Kier molecular flexibility index (Phi) is 4.59. The van der Waals surface area contributed by atoms with Crippen LogP contribution in [0.2, 0.25) is 5.02 Å². The maximum atomic E-state index is 14.4. The lowest BCUT2D eigenvalue weighted by Crippen LogP contribution is -2.15. The summed E-state index contributed by atoms with van der Waals surface area (Å²) in [6.07, 6.45) is 6.04. The topological polar surface area (TPSA) is 98.7 Å². The highest BCUT2D eigenvalue weighted by Gasteiger charge is 2.44. The summed E-state index contributed by atoms with van der Waals surface area (Å²) < 4.78 is 16.1. The SMILES string of the molecule is Cn1cc([C@H]2C[C@@H]2C(=O)Nc2cc3cc(-c4c(F)cccc4Cl)nc(N)c3cn2)cn1. The summed E-state index contributed by atoms with van der Waals surface area (Å²) in [6.45, 7) is 0. The third-order valence-electron chi connectivity index (χ3n) is 5.50. The molecule has 1 saturated carbocycles. The minimum absolute atomic E-state index is 0.0971. The van der Waals surface area contributed by atoms with Crippen LogP contribution in [0.5, 0.6) is 0 Å². The molecule has 1 aromatic carbocycles. The van der Waals surface area contributed by atoms with Crippen molar-refractivity contribution in [2.75, 3.05) is 11.1 Å². The molecule has 2 atom stereocenters. The number of nitrogen functional groups attached to an aromatic ring is 1. The predicted octanol–water partition coefficient (Wildman–Crippen LogP) is 4.15. The summed E-state index contributed by atoms with van der Waals surface area (Å²) in [5.74, 6) is 0.0685. The number of carbonyl (C=O) groups is 1. The van der Waals surface area contributed by atoms with Gasteiger partial charge in [0.1, 0.15) is 17.5 Å². The van der Waals surface area contributed by atoms with Crippen LogP contribution < -0.4 is 11.1 Å². The van der Waals surface area contributed by atoms with E-state index in [0.717, 1.165) is 12.0 Å². The summed E-state index contributed by atoms with van der Waals surface area (Å²) in [4.78, 5) is 21.2. The third kappa shape index (κ3) is 3.59. The van der Waals surface area contributed by atoms with Crippen LogP contribution in [0.3, 0.4) is 0 Å². The number of rotatable bonds is 4. The zero-order chi connectivity index (χ0) is 21.7. The number of hydrogen-bond acceptors (Lipinski definition) is 5. The van der Waals surface area contributed by atoms with Crippen molar-refractivity contribution >= 4 is 39.9 Å². The summed E-state index contributed by atoms with van der Waals surface area (Å²) in [5.41, 5.74) is 7.63. The van der Waals surface area contributed by atoms with E-state index in [1.54, 1.807) is 35.3 Å². The fraction of sp³-hybridized carbons (Fsp3) is 0.182. The van der Waals surface area contributed by atoms with Crippen LogP contribution in [-0.4, -0.2) is 25.7 Å². The average molecular weight is 437 g/mol. The van der Waals surface area contributed by atoms with Crippen molar-refractivity contribution in [1.82, 2.24) is 19.7 Å². The van der Waals surface area contributed by atoms with Crippen molar-refractivity contribution in [2.45, 2.75) is 12.3 Å². The van der Waals surface area contributed by atoms with Crippen LogP contribution in [-0.2, 0) is 11.8 Å². The molecule has 0 spiro atoms. The molecule has 31 heavy (non-hydrogen) atoms. The zero-order valence-corrected chi connectivity index (χ0v) is 17.3. The summed E-state index contributed by atoms with van der Waals surface area (Å²) >= 11 is 6.18. The Hall–Kier alpha value is -3.52. The highest BCUT2D eigenvalue weighted by molar-refractivity contribution is 6.33. The van der Waals surface area contributed by atoms with E-state index in [0.29, 0.717) is 22.3 Å². The van der Waals surface area contributed by atoms with Crippen molar-refractivity contribution in [3.05, 3.63) is 65.3 Å². The lowest BCUT2D eigenvalue weighted by molar-refractivity contribution is -0.117. The standard InChI is InChI=1S/C22H18ClFN6O/c1-30-10-12(8-27-30)13-7-14(13)22(31)29-19-6-11-5-18(28-21(25)15(11)9-26-19)20-16(23)3-2-4-17(20)24/h2-6,8-10,13-14H,7H2,1H3,(H2,25,28)(H,26,29,31)/t13-,14+/m1/s1. The molecule has 156 valence electrons. The second-order valence-corrected chi connectivity index (χ2v) is 8.07. The van der Waals surface area contributed by atoms with Gasteiger partial charge in [0, 0.05) is 30.7 Å². The van der Waals surface area contributed by atoms with E-state index in [1.165, 1.54) is 12.1 Å². The maximum absolute atomic E-state index is 14.4. The van der Waals surface area contributed by atoms with Crippen molar-refractivity contribution in [2.24, 2.45) is 13.0 Å². The Labute approximate surface area is 182 Å². The Balaban J connectivity index is 1.42. The molecule has 0 unspecified atom stereocenters. The number of aryl methyl sites for hydroxylation is 1. The lowest BCUT2D eigenvalue weighted by atomic mass is 10.1. The van der Waals surface area contributed by atoms with Crippen molar-refractivity contribution < 1.29 is 9.18 Å². The molecule has 3 aromatic heterocycles. The molecular weight excluding hydrogens is 419 g/mol. The summed E-state index contributed by atoms with van der Waals surface area (Å²) in [7, 11) is 1.85. The fourth-order valence-corrected chi connectivity index (χ4v) is 4.08. The van der Waals surface area contributed by atoms with Gasteiger partial charge in [-0.2, -0.15) is 5.10 Å². The zero-order valence-electron chi connectivity index (χ0n) is 16.5. The smallest absolute Gasteiger partial charge is 0.229 e. The molecule has 7 nitrogen and oxygen atoms in total. The molecular formula is C22H18ClFN6O. The number of hydrogen-bond donors (Lipinski definition) is 2. The number of pyridine rings is 2. The monoisotopic (exact) mass is 436 g/mol. The van der Waals surface area contributed by atoms with E-state index >= 15 is 0 Å². The van der Waals surface area contributed by atoms with Crippen molar-refractivity contribution in [3.63, 3.8) is 0 Å². The Morgan fingerprint density at radius 2 is 2.16 bits per heavy atom. The number of fused-ring (bicyclic) bond motifs is 1. The Morgan fingerprint density at radius 1 is 1.32 bits per heavy atom. The van der Waals surface area contributed by atoms with E-state index in [1.807, 2.05) is 13.2 Å². The molecule has 1 aliphatic carbocycles. The number of nitrogens with one attached hydrogen (secondary N) is 1. The number of amides is 1. The van der Waals surface area contributed by atoms with E-state index in [4.69, 9.17) is 17.3 Å². The van der Waals surface area contributed by atoms with E-state index in [2.05, 4.69) is 20.4 Å². The number of anilines is 2. The molecule has 0 radical (unpaired) electrons. The average Bonchev–Trinajstić information content (AvgIpc) is 3.41. The van der Waals surface area contributed by atoms with Gasteiger partial charge in [-0.3, -0.25) is 9.48 Å². The van der Waals surface area contributed by atoms with Gasteiger partial charge >= 0.3 is 0 Å². The van der Waals surface area contributed by atoms with Crippen LogP contribution in [0.1, 0.15) is 17.9 Å². The molecule has 0 bridgehead atoms. The van der Waals surface area contributed by atoms with E-state index < -0.39 is 5.82 Å². The van der Waals surface area contributed by atoms with Crippen LogP contribution in [0, 0.1) is 11.7 Å². The first kappa shape index (κ1) is 19.4. The minimum atomic E-state index is -0.489. The van der Waals surface area contributed by atoms with Crippen molar-refractivity contribution in [3.8, 4) is 11.3 Å². The first-order valence-electron chi connectivity index (χ1n) is 9.71. The fourth-order valence-electron chi connectivity index (χ4n) is 3.82. The van der Waals surface area contributed by atoms with Gasteiger partial charge in [-0.15, -0.1) is 0 Å². The molecule has 4 aromatic rings. The minimum Gasteiger partial charge on any atom is -0.383 e. The summed E-state index contributed by atoms with van der Waals surface area (Å²) in [6, 6.07) is 7.82. The van der Waals surface area contributed by atoms with Gasteiger partial charge in [-0.25, -0.2) is 14.4 Å². The molecule has 9 heteroatoms. The van der Waals surface area contributed by atoms with Gasteiger partial charge in [-0.1, -0.05) is 17.7 Å². The number of carbonyl (C=O) groups excluding carboxylic acids is 1. The van der Waals surface area contributed by atoms with Gasteiger partial charge in [-0.05, 0) is 47.6 Å². The van der Waals surface area contributed by atoms with Crippen molar-refractivity contribution in [1.29, 1.82) is 0 Å². The third-order valence-corrected chi connectivity index (χ3v) is 5.81. The van der Waals surface area contributed by atoms with E-state index in [-0.39, 0.29) is 34.1 Å². The first-order valence-corrected chi connectivity index (χ1v) is 10.1. The Morgan fingerprint density at radius 3 is 2.90 bits per heavy atom. The van der Waals surface area contributed by atoms with E-state index in [9.17, 15) is 9.18 Å². The maximum Gasteiger partial charge on any atom is 0.229 e. The second-order valence-electron chi connectivity index (χ2n) is 7.67. The first-order chi connectivity index (χ1) is 14.9. The van der Waals surface area contributed by atoms with Gasteiger partial charge in [0.25, 0.3) is 0 Å². The molecule has 1 amide bonds. The Bertz CT molecular complexity index is 1320. The molecule has 0 aliphatic heterocycles. The lowest BCUT2D eigenvalue weighted by Gasteiger charge is -2.10. The van der Waals surface area contributed by atoms with Crippen LogP contribution in [0.25, 0.3) is 22.0 Å². The molecule has 3 N–H and O–H groups in total. The largest absolute Gasteiger partial charge is 0.383 e. The van der Waals surface area contributed by atoms with Gasteiger partial charge < -0.3 is 11.1 Å². The molecule has 0 saturated heterocycles. The molecule has 3 heterocycles. The highest BCUT2D eigenvalue weighted by atomic mass is 35.5. The molecule has 1 fully saturated rings. The molecule has 5 rings (SSSR count).